The number of hydrogen-bond donors (Lipinski definition) is 3. The zero-order chi connectivity index (χ0) is 22.0. The summed E-state index contributed by atoms with van der Waals surface area (Å²) < 4.78 is 5.87. The van der Waals surface area contributed by atoms with Crippen molar-refractivity contribution >= 4 is 23.3 Å². The zero-order valence-electron chi connectivity index (χ0n) is 17.2. The minimum atomic E-state index is -0.385. The van der Waals surface area contributed by atoms with Crippen molar-refractivity contribution in [3.63, 3.8) is 0 Å². The number of fused-ring (bicyclic) bond motifs is 1. The number of aromatic nitrogens is 1. The van der Waals surface area contributed by atoms with Gasteiger partial charge in [0.1, 0.15) is 17.3 Å². The van der Waals surface area contributed by atoms with Crippen molar-refractivity contribution in [2.45, 2.75) is 33.1 Å². The first-order valence-corrected chi connectivity index (χ1v) is 9.95. The second-order valence-electron chi connectivity index (χ2n) is 7.43. The molecule has 1 aliphatic carbocycles. The number of amides is 2. The Bertz CT molecular complexity index is 1180. The molecule has 158 valence electrons. The summed E-state index contributed by atoms with van der Waals surface area (Å²) in [6, 6.07) is 9.54. The standard InChI is InChI=1S/C23H22N4O4/c1-13-10-11-24-19(12-13)25-23(30)21-14(2)20-17(4-3-5-18(20)31-21)26-27-22(29)15-6-8-16(28)9-7-15/h6-12,28H,3-5H2,1-2H3,(H,27,29)(H,24,25,30)/b26-17+. The van der Waals surface area contributed by atoms with Gasteiger partial charge in [0, 0.05) is 29.3 Å². The van der Waals surface area contributed by atoms with Crippen molar-refractivity contribution in [2.75, 3.05) is 5.32 Å². The van der Waals surface area contributed by atoms with Gasteiger partial charge in [0.05, 0.1) is 5.71 Å². The first-order chi connectivity index (χ1) is 14.9. The van der Waals surface area contributed by atoms with Crippen molar-refractivity contribution in [3.8, 4) is 5.75 Å². The van der Waals surface area contributed by atoms with Gasteiger partial charge in [-0.25, -0.2) is 10.4 Å². The van der Waals surface area contributed by atoms with Crippen molar-refractivity contribution < 1.29 is 19.1 Å². The van der Waals surface area contributed by atoms with Crippen LogP contribution in [0.2, 0.25) is 0 Å². The molecule has 2 aromatic heterocycles. The summed E-state index contributed by atoms with van der Waals surface area (Å²) in [4.78, 5) is 29.3. The number of hydrazone groups is 1. The number of aromatic hydroxyl groups is 1. The summed E-state index contributed by atoms with van der Waals surface area (Å²) in [5.41, 5.74) is 6.03. The third-order valence-electron chi connectivity index (χ3n) is 5.11. The number of benzene rings is 1. The van der Waals surface area contributed by atoms with Crippen LogP contribution >= 0.6 is 0 Å². The van der Waals surface area contributed by atoms with E-state index in [0.717, 1.165) is 17.5 Å². The van der Waals surface area contributed by atoms with Gasteiger partial charge in [-0.05, 0) is 68.7 Å². The molecule has 3 N–H and O–H groups in total. The highest BCUT2D eigenvalue weighted by atomic mass is 16.4. The molecular weight excluding hydrogens is 396 g/mol. The molecule has 1 aromatic carbocycles. The van der Waals surface area contributed by atoms with Gasteiger partial charge in [-0.3, -0.25) is 9.59 Å². The highest BCUT2D eigenvalue weighted by Gasteiger charge is 2.28. The number of rotatable bonds is 4. The van der Waals surface area contributed by atoms with E-state index in [2.05, 4.69) is 20.8 Å². The van der Waals surface area contributed by atoms with E-state index >= 15 is 0 Å². The zero-order valence-corrected chi connectivity index (χ0v) is 17.2. The number of nitrogens with one attached hydrogen (secondary N) is 2. The van der Waals surface area contributed by atoms with Gasteiger partial charge in [-0.15, -0.1) is 0 Å². The molecule has 0 atom stereocenters. The van der Waals surface area contributed by atoms with Crippen molar-refractivity contribution in [1.29, 1.82) is 0 Å². The number of anilines is 1. The van der Waals surface area contributed by atoms with Crippen molar-refractivity contribution in [1.82, 2.24) is 10.4 Å². The van der Waals surface area contributed by atoms with Gasteiger partial charge in [0.2, 0.25) is 0 Å². The van der Waals surface area contributed by atoms with Gasteiger partial charge in [0.25, 0.3) is 11.8 Å². The third kappa shape index (κ3) is 4.32. The number of carbonyl (C=O) groups is 2. The van der Waals surface area contributed by atoms with Gasteiger partial charge in [0.15, 0.2) is 5.76 Å². The Morgan fingerprint density at radius 3 is 2.61 bits per heavy atom. The lowest BCUT2D eigenvalue weighted by Crippen LogP contribution is -2.22. The van der Waals surface area contributed by atoms with Crippen LogP contribution in [0.15, 0.2) is 52.1 Å². The number of furan rings is 1. The topological polar surface area (TPSA) is 117 Å². The maximum atomic E-state index is 12.8. The molecular formula is C23H22N4O4. The number of aryl methyl sites for hydroxylation is 2. The minimum Gasteiger partial charge on any atom is -0.508 e. The molecule has 2 amide bonds. The third-order valence-corrected chi connectivity index (χ3v) is 5.11. The van der Waals surface area contributed by atoms with Crippen molar-refractivity contribution in [2.24, 2.45) is 5.10 Å². The molecule has 3 aromatic rings. The molecule has 31 heavy (non-hydrogen) atoms. The summed E-state index contributed by atoms with van der Waals surface area (Å²) in [6.07, 6.45) is 3.78. The van der Waals surface area contributed by atoms with Crippen LogP contribution in [0.25, 0.3) is 0 Å². The lowest BCUT2D eigenvalue weighted by Gasteiger charge is -2.13. The molecule has 0 radical (unpaired) electrons. The number of hydrogen-bond acceptors (Lipinski definition) is 6. The summed E-state index contributed by atoms with van der Waals surface area (Å²) in [6.45, 7) is 3.73. The van der Waals surface area contributed by atoms with Gasteiger partial charge < -0.3 is 14.8 Å². The number of phenolic OH excluding ortho intramolecular Hbond substituents is 1. The SMILES string of the molecule is Cc1ccnc(NC(=O)c2oc3c(c2C)/C(=N/NC(=O)c2ccc(O)cc2)CCC3)c1. The molecule has 0 unspecified atom stereocenters. The van der Waals surface area contributed by atoms with E-state index in [1.807, 2.05) is 19.9 Å². The normalized spacial score (nSPS) is 14.2. The molecule has 0 fully saturated rings. The van der Waals surface area contributed by atoms with Crippen LogP contribution in [0.1, 0.15) is 56.2 Å². The number of nitrogens with zero attached hydrogens (tertiary/aromatic N) is 2. The van der Waals surface area contributed by atoms with E-state index in [0.29, 0.717) is 41.3 Å². The molecule has 1 aliphatic rings. The number of carbonyl (C=O) groups excluding carboxylic acids is 2. The van der Waals surface area contributed by atoms with E-state index in [1.165, 1.54) is 24.3 Å². The summed E-state index contributed by atoms with van der Waals surface area (Å²) >= 11 is 0. The second-order valence-corrected chi connectivity index (χ2v) is 7.43. The minimum absolute atomic E-state index is 0.0838. The summed E-state index contributed by atoms with van der Waals surface area (Å²) in [7, 11) is 0. The largest absolute Gasteiger partial charge is 0.508 e. The van der Waals surface area contributed by atoms with Crippen LogP contribution in [0.4, 0.5) is 5.82 Å². The Labute approximate surface area is 179 Å². The summed E-state index contributed by atoms with van der Waals surface area (Å²) in [5.74, 6) is 0.674. The predicted molar refractivity (Wildman–Crippen MR) is 115 cm³/mol. The van der Waals surface area contributed by atoms with E-state index in [1.54, 1.807) is 12.3 Å². The predicted octanol–water partition coefficient (Wildman–Crippen LogP) is 3.72. The van der Waals surface area contributed by atoms with E-state index in [-0.39, 0.29) is 23.3 Å². The molecule has 0 aliphatic heterocycles. The van der Waals surface area contributed by atoms with Crippen LogP contribution in [-0.4, -0.2) is 27.6 Å². The Kier molecular flexibility index (Phi) is 5.53. The van der Waals surface area contributed by atoms with Crippen LogP contribution in [-0.2, 0) is 6.42 Å². The Morgan fingerprint density at radius 2 is 1.87 bits per heavy atom. The van der Waals surface area contributed by atoms with Gasteiger partial charge >= 0.3 is 0 Å². The van der Waals surface area contributed by atoms with E-state index < -0.39 is 0 Å². The fourth-order valence-electron chi connectivity index (χ4n) is 3.57. The molecule has 0 bridgehead atoms. The maximum Gasteiger partial charge on any atom is 0.292 e. The quantitative estimate of drug-likeness (QED) is 0.558. The molecule has 0 saturated carbocycles. The van der Waals surface area contributed by atoms with Crippen LogP contribution < -0.4 is 10.7 Å². The molecule has 0 saturated heterocycles. The maximum absolute atomic E-state index is 12.8. The van der Waals surface area contributed by atoms with Crippen LogP contribution in [0, 0.1) is 13.8 Å². The monoisotopic (exact) mass is 418 g/mol. The fraction of sp³-hybridized carbons (Fsp3) is 0.217. The smallest absolute Gasteiger partial charge is 0.292 e. The van der Waals surface area contributed by atoms with E-state index in [9.17, 15) is 14.7 Å². The Morgan fingerprint density at radius 1 is 1.10 bits per heavy atom. The average molecular weight is 418 g/mol. The number of pyridine rings is 1. The molecule has 8 nitrogen and oxygen atoms in total. The first-order valence-electron chi connectivity index (χ1n) is 9.95. The summed E-state index contributed by atoms with van der Waals surface area (Å²) in [5, 5.41) is 16.4. The van der Waals surface area contributed by atoms with Gasteiger partial charge in [-0.1, -0.05) is 0 Å². The molecule has 8 heteroatoms. The first kappa shape index (κ1) is 20.3. The Hall–Kier alpha value is -3.94. The van der Waals surface area contributed by atoms with Crippen LogP contribution in [0.3, 0.4) is 0 Å². The second kappa shape index (κ2) is 8.43. The van der Waals surface area contributed by atoms with E-state index in [4.69, 9.17) is 4.42 Å². The lowest BCUT2D eigenvalue weighted by molar-refractivity contribution is 0.0953. The average Bonchev–Trinajstić information content (AvgIpc) is 3.10. The molecule has 0 spiro atoms. The van der Waals surface area contributed by atoms with Crippen molar-refractivity contribution in [3.05, 3.63) is 76.4 Å². The number of phenols is 1. The fourth-order valence-corrected chi connectivity index (χ4v) is 3.57. The Balaban J connectivity index is 1.56. The van der Waals surface area contributed by atoms with Gasteiger partial charge in [-0.2, -0.15) is 5.10 Å². The van der Waals surface area contributed by atoms with Crippen LogP contribution in [0.5, 0.6) is 5.75 Å². The lowest BCUT2D eigenvalue weighted by atomic mass is 9.93. The molecule has 2 heterocycles. The highest BCUT2D eigenvalue weighted by Crippen LogP contribution is 2.30. The highest BCUT2D eigenvalue weighted by molar-refractivity contribution is 6.09. The molecule has 4 rings (SSSR count).